The molecule has 0 aliphatic rings. The molecule has 0 heterocycles. The fraction of sp³-hybridized carbons (Fsp3) is 0.381. The predicted molar refractivity (Wildman–Crippen MR) is 202 cm³/mol. The summed E-state index contributed by atoms with van der Waals surface area (Å²) in [6.07, 6.45) is 3.53. The van der Waals surface area contributed by atoms with Crippen molar-refractivity contribution in [1.29, 1.82) is 0 Å². The molecule has 0 atom stereocenters. The van der Waals surface area contributed by atoms with E-state index in [-0.39, 0.29) is 50.9 Å². The Labute approximate surface area is 313 Å². The van der Waals surface area contributed by atoms with E-state index < -0.39 is 11.9 Å². The number of benzene rings is 4. The van der Waals surface area contributed by atoms with Crippen molar-refractivity contribution in [2.75, 3.05) is 0 Å². The largest absolute Gasteiger partial charge is 2.00 e. The van der Waals surface area contributed by atoms with E-state index in [1.807, 2.05) is 36.4 Å². The first-order valence-corrected chi connectivity index (χ1v) is 16.7. The molecule has 4 rings (SSSR count). The SMILES string of the molecule is CC(=O)[O-].CC(=O)[O-].CC(C)c1cc(C(C)(C)C)cc(C=Nc2cccc3cccc(N=Cc4cc(C(C)(C)C)cc(C(C)C)c4O)c23)c1O.[Co+2]. The molecule has 9 heteroatoms. The Balaban J connectivity index is 0.00000131. The molecule has 0 fully saturated rings. The number of carbonyl (C=O) groups excluding carboxylic acids is 2. The summed E-state index contributed by atoms with van der Waals surface area (Å²) in [7, 11) is 0. The zero-order valence-electron chi connectivity index (χ0n) is 31.8. The quantitative estimate of drug-likeness (QED) is 0.191. The fourth-order valence-electron chi connectivity index (χ4n) is 5.10. The number of carboxylic acid groups (broad SMARTS) is 2. The van der Waals surface area contributed by atoms with Gasteiger partial charge < -0.3 is 30.0 Å². The molecule has 2 N–H and O–H groups in total. The van der Waals surface area contributed by atoms with Crippen LogP contribution in [0.4, 0.5) is 11.4 Å². The number of rotatable bonds is 6. The van der Waals surface area contributed by atoms with Crippen LogP contribution in [0.3, 0.4) is 0 Å². The first kappa shape index (κ1) is 44.5. The van der Waals surface area contributed by atoms with Crippen LogP contribution >= 0.6 is 0 Å². The minimum atomic E-state index is -1.08. The number of phenols is 2. The number of aliphatic imine (C=N–C) groups is 2. The molecule has 0 saturated carbocycles. The molecule has 4 aromatic rings. The number of carbonyl (C=O) groups is 2. The average Bonchev–Trinajstić information content (AvgIpc) is 2.97. The number of aliphatic carboxylic acids is 2. The van der Waals surface area contributed by atoms with Gasteiger partial charge in [-0.25, -0.2) is 0 Å². The van der Waals surface area contributed by atoms with Gasteiger partial charge in [-0.2, -0.15) is 0 Å². The normalized spacial score (nSPS) is 11.6. The summed E-state index contributed by atoms with van der Waals surface area (Å²) < 4.78 is 0. The molecule has 0 bridgehead atoms. The Bertz CT molecular complexity index is 1740. The second-order valence-corrected chi connectivity index (χ2v) is 15.0. The van der Waals surface area contributed by atoms with E-state index in [4.69, 9.17) is 29.8 Å². The molecule has 0 aliphatic carbocycles. The summed E-state index contributed by atoms with van der Waals surface area (Å²) in [5.74, 6) is -1.25. The molecule has 0 saturated heterocycles. The molecule has 0 unspecified atom stereocenters. The summed E-state index contributed by atoms with van der Waals surface area (Å²) in [5.41, 5.74) is 6.97. The topological polar surface area (TPSA) is 145 Å². The third-order valence-corrected chi connectivity index (χ3v) is 7.86. The Morgan fingerprint density at radius 3 is 1.24 bits per heavy atom. The number of aromatic hydroxyl groups is 2. The second kappa shape index (κ2) is 18.7. The molecule has 8 nitrogen and oxygen atoms in total. The summed E-state index contributed by atoms with van der Waals surface area (Å²) in [4.78, 5) is 27.6. The predicted octanol–water partition coefficient (Wildman–Crippen LogP) is 8.10. The Kier molecular flexibility index (Phi) is 16.3. The third-order valence-electron chi connectivity index (χ3n) is 7.86. The number of phenolic OH excluding ortho intramolecular Hbond substituents is 2. The van der Waals surface area contributed by atoms with Gasteiger partial charge in [0.15, 0.2) is 0 Å². The van der Waals surface area contributed by atoms with Gasteiger partial charge in [-0.3, -0.25) is 9.98 Å². The summed E-state index contributed by atoms with van der Waals surface area (Å²) in [5, 5.41) is 42.0. The summed E-state index contributed by atoms with van der Waals surface area (Å²) in [6, 6.07) is 20.3. The summed E-state index contributed by atoms with van der Waals surface area (Å²) >= 11 is 0. The molecule has 1 radical (unpaired) electrons. The molecule has 51 heavy (non-hydrogen) atoms. The third kappa shape index (κ3) is 13.0. The molecule has 0 amide bonds. The van der Waals surface area contributed by atoms with Crippen LogP contribution in [-0.4, -0.2) is 34.6 Å². The number of carboxylic acids is 2. The fourth-order valence-corrected chi connectivity index (χ4v) is 5.10. The van der Waals surface area contributed by atoms with Crippen LogP contribution < -0.4 is 10.2 Å². The maximum Gasteiger partial charge on any atom is 2.00 e. The first-order chi connectivity index (χ1) is 23.0. The van der Waals surface area contributed by atoms with Gasteiger partial charge in [-0.1, -0.05) is 106 Å². The molecule has 275 valence electrons. The van der Waals surface area contributed by atoms with Crippen LogP contribution in [0.25, 0.3) is 10.8 Å². The van der Waals surface area contributed by atoms with Gasteiger partial charge in [0.05, 0.1) is 11.4 Å². The van der Waals surface area contributed by atoms with Crippen LogP contribution in [0.2, 0.25) is 0 Å². The van der Waals surface area contributed by atoms with Gasteiger partial charge in [0, 0.05) is 40.9 Å². The van der Waals surface area contributed by atoms with Crippen molar-refractivity contribution in [3.63, 3.8) is 0 Å². The van der Waals surface area contributed by atoms with Gasteiger partial charge in [0.25, 0.3) is 0 Å². The van der Waals surface area contributed by atoms with Crippen molar-refractivity contribution in [2.24, 2.45) is 9.98 Å². The minimum absolute atomic E-state index is 0. The second-order valence-electron chi connectivity index (χ2n) is 15.0. The number of nitrogens with zero attached hydrogens (tertiary/aromatic N) is 2. The molecule has 4 aromatic carbocycles. The Morgan fingerprint density at radius 1 is 0.647 bits per heavy atom. The van der Waals surface area contributed by atoms with Crippen molar-refractivity contribution >= 4 is 46.5 Å². The number of hydrogen-bond donors (Lipinski definition) is 2. The van der Waals surface area contributed by atoms with Crippen LogP contribution in [-0.2, 0) is 37.2 Å². The zero-order chi connectivity index (χ0) is 38.1. The Hall–Kier alpha value is -4.47. The van der Waals surface area contributed by atoms with Gasteiger partial charge in [-0.05, 0) is 88.4 Å². The van der Waals surface area contributed by atoms with Crippen LogP contribution in [0.15, 0.2) is 70.6 Å². The van der Waals surface area contributed by atoms with E-state index in [2.05, 4.69) is 93.5 Å². The van der Waals surface area contributed by atoms with Gasteiger partial charge >= 0.3 is 16.8 Å². The molecular formula is C42H52CoN2O6. The molecule has 0 aliphatic heterocycles. The van der Waals surface area contributed by atoms with Crippen molar-refractivity contribution < 1.29 is 46.8 Å². The van der Waals surface area contributed by atoms with E-state index in [0.717, 1.165) is 58.2 Å². The van der Waals surface area contributed by atoms with Crippen molar-refractivity contribution in [1.82, 2.24) is 0 Å². The Morgan fingerprint density at radius 2 is 0.961 bits per heavy atom. The average molecular weight is 740 g/mol. The minimum Gasteiger partial charge on any atom is -0.550 e. The van der Waals surface area contributed by atoms with E-state index in [9.17, 15) is 10.2 Å². The zero-order valence-corrected chi connectivity index (χ0v) is 32.9. The van der Waals surface area contributed by atoms with Crippen LogP contribution in [0.1, 0.15) is 128 Å². The number of hydrogen-bond acceptors (Lipinski definition) is 8. The maximum absolute atomic E-state index is 11.1. The first-order valence-electron chi connectivity index (χ1n) is 16.7. The van der Waals surface area contributed by atoms with Crippen molar-refractivity contribution in [3.05, 3.63) is 94.0 Å². The van der Waals surface area contributed by atoms with E-state index in [0.29, 0.717) is 11.1 Å². The molecule has 0 spiro atoms. The number of fused-ring (bicyclic) bond motifs is 1. The standard InChI is InChI=1S/C38H46N2O2.2C2H4O2.Co/c1-23(2)30-19-28(37(5,6)7)17-26(35(30)41)21-39-32-15-11-13-25-14-12-16-33(34(25)32)40-22-27-18-29(38(8,9)10)20-31(24(3)4)36(27)42;2*1-2(3)4;/h11-24,41-42H,1-10H3;2*1H3,(H,3,4);/q;;;+2/p-2. The van der Waals surface area contributed by atoms with E-state index >= 15 is 0 Å². The van der Waals surface area contributed by atoms with Crippen molar-refractivity contribution in [2.45, 2.75) is 106 Å². The van der Waals surface area contributed by atoms with Crippen LogP contribution in [0, 0.1) is 0 Å². The van der Waals surface area contributed by atoms with Gasteiger partial charge in [-0.15, -0.1) is 0 Å². The van der Waals surface area contributed by atoms with E-state index in [1.54, 1.807) is 12.4 Å². The van der Waals surface area contributed by atoms with E-state index in [1.165, 1.54) is 0 Å². The van der Waals surface area contributed by atoms with Crippen molar-refractivity contribution in [3.8, 4) is 11.5 Å². The van der Waals surface area contributed by atoms with Gasteiger partial charge in [0.1, 0.15) is 11.5 Å². The monoisotopic (exact) mass is 739 g/mol. The van der Waals surface area contributed by atoms with Gasteiger partial charge in [0.2, 0.25) is 0 Å². The van der Waals surface area contributed by atoms with Crippen LogP contribution in [0.5, 0.6) is 11.5 Å². The summed E-state index contributed by atoms with van der Waals surface area (Å²) in [6.45, 7) is 23.4. The molecule has 0 aromatic heterocycles. The smallest absolute Gasteiger partial charge is 0.550 e. The molecular weight excluding hydrogens is 687 g/mol. The maximum atomic E-state index is 11.1.